The second kappa shape index (κ2) is 16.7. The highest BCUT2D eigenvalue weighted by molar-refractivity contribution is 6.92. The van der Waals surface area contributed by atoms with Crippen molar-refractivity contribution in [1.82, 2.24) is 0 Å². The van der Waals surface area contributed by atoms with Gasteiger partial charge in [-0.2, -0.15) is 0 Å². The van der Waals surface area contributed by atoms with Gasteiger partial charge in [0.05, 0.1) is 0 Å². The molecule has 0 atom stereocenters. The Hall–Kier alpha value is -0.0962. The predicted molar refractivity (Wildman–Crippen MR) is 131 cm³/mol. The molecule has 0 fully saturated rings. The van der Waals surface area contributed by atoms with Gasteiger partial charge in [0.2, 0.25) is 8.32 Å². The van der Waals surface area contributed by atoms with Gasteiger partial charge < -0.3 is 4.43 Å². The van der Waals surface area contributed by atoms with Crippen LogP contribution in [0, 0.1) is 0 Å². The number of carbonyl (C=O) groups excluding carboxylic acids is 1. The fraction of sp³-hybridized carbons (Fsp3) is 0.958. The van der Waals surface area contributed by atoms with Crippen molar-refractivity contribution in [2.24, 2.45) is 0 Å². The summed E-state index contributed by atoms with van der Waals surface area (Å²) in [6, 6.07) is 0. The number of unbranched alkanes of at least 4 members (excludes halogenated alkanes) is 14. The Morgan fingerprint density at radius 3 is 1.32 bits per heavy atom. The van der Waals surface area contributed by atoms with E-state index in [9.17, 15) is 4.79 Å². The first-order chi connectivity index (χ1) is 13.2. The van der Waals surface area contributed by atoms with Crippen LogP contribution in [-0.2, 0) is 9.22 Å². The van der Waals surface area contributed by atoms with Crippen molar-refractivity contribution < 1.29 is 9.22 Å². The summed E-state index contributed by atoms with van der Waals surface area (Å²) >= 11 is 0. The third-order valence-corrected chi connectivity index (χ3v) is 13.8. The van der Waals surface area contributed by atoms with E-state index in [2.05, 4.69) is 39.7 Å². The van der Waals surface area contributed by atoms with E-state index in [1.807, 2.05) is 0 Å². The molecule has 0 radical (unpaired) electrons. The zero-order valence-corrected chi connectivity index (χ0v) is 22.3. The highest BCUT2D eigenvalue weighted by Crippen LogP contribution is 2.21. The minimum atomic E-state index is -1.80. The summed E-state index contributed by atoms with van der Waals surface area (Å²) < 4.78 is 5.87. The lowest BCUT2D eigenvalue weighted by Gasteiger charge is -2.28. The van der Waals surface area contributed by atoms with Crippen molar-refractivity contribution in [2.45, 2.75) is 148 Å². The van der Waals surface area contributed by atoms with Gasteiger partial charge in [-0.05, 0) is 25.2 Å². The summed E-state index contributed by atoms with van der Waals surface area (Å²) in [5.74, 6) is 0.0598. The molecule has 0 spiro atoms. The Kier molecular flexibility index (Phi) is 16.6. The van der Waals surface area contributed by atoms with Gasteiger partial charge >= 0.3 is 0 Å². The van der Waals surface area contributed by atoms with Crippen molar-refractivity contribution in [2.75, 3.05) is 0 Å². The lowest BCUT2D eigenvalue weighted by Crippen LogP contribution is -2.41. The van der Waals surface area contributed by atoms with E-state index in [0.717, 1.165) is 6.42 Å². The van der Waals surface area contributed by atoms with Gasteiger partial charge in [0.1, 0.15) is 0 Å². The quantitative estimate of drug-likeness (QED) is 0.152. The first-order valence-corrected chi connectivity index (χ1v) is 19.2. The van der Waals surface area contributed by atoms with Gasteiger partial charge in [-0.3, -0.25) is 4.79 Å². The third kappa shape index (κ3) is 20.6. The number of carbonyl (C=O) groups is 1. The van der Waals surface area contributed by atoms with Crippen LogP contribution in [-0.4, -0.2) is 22.4 Å². The summed E-state index contributed by atoms with van der Waals surface area (Å²) in [7, 11) is -2.95. The van der Waals surface area contributed by atoms with Crippen LogP contribution in [0.2, 0.25) is 38.4 Å². The maximum Gasteiger partial charge on any atom is 0.292 e. The van der Waals surface area contributed by atoms with Gasteiger partial charge in [-0.25, -0.2) is 0 Å². The zero-order valence-electron chi connectivity index (χ0n) is 20.3. The van der Waals surface area contributed by atoms with Crippen molar-refractivity contribution in [3.63, 3.8) is 0 Å². The summed E-state index contributed by atoms with van der Waals surface area (Å²) in [6.07, 6.45) is 21.0. The van der Waals surface area contributed by atoms with Gasteiger partial charge in [0.25, 0.3) is 5.97 Å². The van der Waals surface area contributed by atoms with Crippen molar-refractivity contribution in [1.29, 1.82) is 0 Å². The molecule has 0 bridgehead atoms. The van der Waals surface area contributed by atoms with E-state index in [-0.39, 0.29) is 5.97 Å². The molecule has 0 saturated carbocycles. The van der Waals surface area contributed by atoms with Crippen LogP contribution in [0.25, 0.3) is 0 Å². The average molecular weight is 429 g/mol. The largest absolute Gasteiger partial charge is 0.520 e. The molecule has 0 aliphatic heterocycles. The molecule has 0 unspecified atom stereocenters. The van der Waals surface area contributed by atoms with E-state index in [1.165, 1.54) is 95.6 Å². The Morgan fingerprint density at radius 1 is 0.607 bits per heavy atom. The molecule has 0 aromatic carbocycles. The molecule has 0 heterocycles. The first kappa shape index (κ1) is 27.9. The minimum absolute atomic E-state index is 0.0598. The Balaban J connectivity index is 3.40. The molecule has 0 aliphatic carbocycles. The van der Waals surface area contributed by atoms with Crippen molar-refractivity contribution in [3.05, 3.63) is 0 Å². The molecule has 0 amide bonds. The molecule has 168 valence electrons. The molecule has 28 heavy (non-hydrogen) atoms. The lowest BCUT2D eigenvalue weighted by atomic mass is 10.0. The molecular weight excluding hydrogens is 376 g/mol. The number of hydrogen-bond donors (Lipinski definition) is 0. The smallest absolute Gasteiger partial charge is 0.292 e. The normalized spacial score (nSPS) is 12.4. The Morgan fingerprint density at radius 2 is 0.964 bits per heavy atom. The van der Waals surface area contributed by atoms with Crippen LogP contribution in [0.15, 0.2) is 0 Å². The number of hydrogen-bond acceptors (Lipinski definition) is 2. The molecule has 0 rings (SSSR count). The van der Waals surface area contributed by atoms with Crippen LogP contribution < -0.4 is 0 Å². The summed E-state index contributed by atoms with van der Waals surface area (Å²) in [5.41, 5.74) is 1.17. The molecule has 0 aromatic heterocycles. The lowest BCUT2D eigenvalue weighted by molar-refractivity contribution is -0.135. The van der Waals surface area contributed by atoms with Gasteiger partial charge in [-0.1, -0.05) is 116 Å². The first-order valence-electron chi connectivity index (χ1n) is 12.4. The van der Waals surface area contributed by atoms with E-state index < -0.39 is 16.4 Å². The highest BCUT2D eigenvalue weighted by Gasteiger charge is 2.33. The third-order valence-electron chi connectivity index (χ3n) is 5.33. The van der Waals surface area contributed by atoms with Gasteiger partial charge in [-0.15, -0.1) is 0 Å². The van der Waals surface area contributed by atoms with Crippen molar-refractivity contribution >= 4 is 22.4 Å². The average Bonchev–Trinajstić information content (AvgIpc) is 2.55. The second-order valence-corrected chi connectivity index (χ2v) is 20.9. The summed E-state index contributed by atoms with van der Waals surface area (Å²) in [6.45, 7) is 13.8. The fourth-order valence-corrected chi connectivity index (χ4v) is 15.5. The van der Waals surface area contributed by atoms with Crippen molar-refractivity contribution in [3.8, 4) is 0 Å². The van der Waals surface area contributed by atoms with Gasteiger partial charge in [0, 0.05) is 14.5 Å². The molecule has 0 aromatic rings. The SMILES string of the molecule is CCCCCCCCCCCCCCCCCC(=O)O[Si](C)(C)C[Si](C)(C)C. The molecule has 0 aliphatic rings. The van der Waals surface area contributed by atoms with E-state index in [1.54, 1.807) is 0 Å². The molecule has 0 N–H and O–H groups in total. The minimum Gasteiger partial charge on any atom is -0.520 e. The summed E-state index contributed by atoms with van der Waals surface area (Å²) in [4.78, 5) is 12.1. The van der Waals surface area contributed by atoms with Crippen LogP contribution in [0.5, 0.6) is 0 Å². The molecule has 4 heteroatoms. The fourth-order valence-electron chi connectivity index (χ4n) is 4.31. The maximum atomic E-state index is 12.1. The monoisotopic (exact) mass is 428 g/mol. The molecular formula is C24H52O2Si2. The second-order valence-electron chi connectivity index (χ2n) is 10.7. The van der Waals surface area contributed by atoms with Crippen LogP contribution in [0.4, 0.5) is 0 Å². The van der Waals surface area contributed by atoms with Crippen LogP contribution in [0.3, 0.4) is 0 Å². The highest BCUT2D eigenvalue weighted by atomic mass is 28.4. The van der Waals surface area contributed by atoms with E-state index in [4.69, 9.17) is 4.43 Å². The Bertz CT molecular complexity index is 375. The summed E-state index contributed by atoms with van der Waals surface area (Å²) in [5, 5.41) is 0. The van der Waals surface area contributed by atoms with Crippen LogP contribution in [0.1, 0.15) is 110 Å². The topological polar surface area (TPSA) is 26.3 Å². The molecule has 0 saturated heterocycles. The van der Waals surface area contributed by atoms with E-state index >= 15 is 0 Å². The Labute approximate surface area is 179 Å². The number of rotatable bonds is 19. The zero-order chi connectivity index (χ0) is 21.3. The van der Waals surface area contributed by atoms with Crippen LogP contribution >= 0.6 is 0 Å². The standard InChI is InChI=1S/C24H52O2Si2/c1-7-8-9-10-11-12-13-14-15-16-17-18-19-20-21-22-24(25)26-28(5,6)23-27(2,3)4/h7-23H2,1-6H3. The predicted octanol–water partition coefficient (Wildman–Crippen LogP) is 8.87. The molecule has 2 nitrogen and oxygen atoms in total. The maximum absolute atomic E-state index is 12.1. The van der Waals surface area contributed by atoms with Gasteiger partial charge in [0.15, 0.2) is 0 Å². The van der Waals surface area contributed by atoms with E-state index in [0.29, 0.717) is 6.42 Å².